The lowest BCUT2D eigenvalue weighted by atomic mass is 10.1. The van der Waals surface area contributed by atoms with E-state index in [-0.39, 0.29) is 5.91 Å². The zero-order valence-corrected chi connectivity index (χ0v) is 12.7. The van der Waals surface area contributed by atoms with Gasteiger partial charge in [0.15, 0.2) is 0 Å². The lowest BCUT2D eigenvalue weighted by Crippen LogP contribution is -2.37. The molecule has 0 spiro atoms. The second-order valence-electron chi connectivity index (χ2n) is 6.06. The van der Waals surface area contributed by atoms with Crippen LogP contribution in [0.4, 0.5) is 0 Å². The van der Waals surface area contributed by atoms with Crippen molar-refractivity contribution >= 4 is 5.91 Å². The summed E-state index contributed by atoms with van der Waals surface area (Å²) in [4.78, 5) is 14.8. The molecule has 1 heterocycles. The summed E-state index contributed by atoms with van der Waals surface area (Å²) in [7, 11) is 0. The van der Waals surface area contributed by atoms with Crippen molar-refractivity contribution in [2.24, 2.45) is 0 Å². The van der Waals surface area contributed by atoms with Crippen molar-refractivity contribution in [2.75, 3.05) is 19.7 Å². The van der Waals surface area contributed by atoms with Crippen LogP contribution in [0.1, 0.15) is 43.0 Å². The Hall–Kier alpha value is -1.55. The van der Waals surface area contributed by atoms with Gasteiger partial charge in [-0.1, -0.05) is 13.0 Å². The largest absolute Gasteiger partial charge is 0.494 e. The first kappa shape index (κ1) is 14.4. The molecule has 1 atom stereocenters. The van der Waals surface area contributed by atoms with Crippen LogP contribution in [-0.2, 0) is 0 Å². The third-order valence-corrected chi connectivity index (χ3v) is 4.19. The highest BCUT2D eigenvalue weighted by atomic mass is 16.5. The standard InChI is InChI=1S/C17H24N2O2/c1-2-10-21-16-5-3-4-13(11-16)17(20)18-14-8-9-19(12-14)15-6-7-15/h3-5,11,14-15H,2,6-10,12H2,1H3,(H,18,20). The summed E-state index contributed by atoms with van der Waals surface area (Å²) < 4.78 is 5.58. The fraction of sp³-hybridized carbons (Fsp3) is 0.588. The highest BCUT2D eigenvalue weighted by molar-refractivity contribution is 5.94. The number of nitrogens with zero attached hydrogens (tertiary/aromatic N) is 1. The maximum atomic E-state index is 12.3. The highest BCUT2D eigenvalue weighted by Crippen LogP contribution is 2.29. The van der Waals surface area contributed by atoms with Gasteiger partial charge >= 0.3 is 0 Å². The molecule has 2 fully saturated rings. The molecule has 1 aliphatic carbocycles. The van der Waals surface area contributed by atoms with Gasteiger partial charge in [-0.3, -0.25) is 9.69 Å². The van der Waals surface area contributed by atoms with Crippen LogP contribution in [0.5, 0.6) is 5.75 Å². The first-order chi connectivity index (χ1) is 10.3. The third kappa shape index (κ3) is 3.76. The average molecular weight is 288 g/mol. The molecular weight excluding hydrogens is 264 g/mol. The van der Waals surface area contributed by atoms with E-state index < -0.39 is 0 Å². The first-order valence-corrected chi connectivity index (χ1v) is 8.04. The summed E-state index contributed by atoms with van der Waals surface area (Å²) >= 11 is 0. The smallest absolute Gasteiger partial charge is 0.251 e. The van der Waals surface area contributed by atoms with Gasteiger partial charge in [0.05, 0.1) is 6.61 Å². The van der Waals surface area contributed by atoms with Crippen LogP contribution in [0.25, 0.3) is 0 Å². The second-order valence-corrected chi connectivity index (χ2v) is 6.06. The van der Waals surface area contributed by atoms with Gasteiger partial charge in [0, 0.05) is 30.7 Å². The van der Waals surface area contributed by atoms with E-state index in [4.69, 9.17) is 4.74 Å². The predicted octanol–water partition coefficient (Wildman–Crippen LogP) is 2.44. The number of ether oxygens (including phenoxy) is 1. The second kappa shape index (κ2) is 6.48. The molecule has 1 unspecified atom stereocenters. The van der Waals surface area contributed by atoms with Crippen molar-refractivity contribution in [1.82, 2.24) is 10.2 Å². The molecule has 1 saturated carbocycles. The summed E-state index contributed by atoms with van der Waals surface area (Å²) in [5, 5.41) is 3.15. The number of rotatable bonds is 6. The molecule has 4 heteroatoms. The number of hydrogen-bond acceptors (Lipinski definition) is 3. The molecule has 0 aromatic heterocycles. The fourth-order valence-corrected chi connectivity index (χ4v) is 2.89. The Bertz CT molecular complexity index is 499. The molecule has 1 N–H and O–H groups in total. The normalized spacial score (nSPS) is 22.2. The number of benzene rings is 1. The van der Waals surface area contributed by atoms with Crippen LogP contribution in [0.15, 0.2) is 24.3 Å². The Balaban J connectivity index is 1.55. The van der Waals surface area contributed by atoms with Crippen molar-refractivity contribution in [2.45, 2.75) is 44.7 Å². The van der Waals surface area contributed by atoms with Gasteiger partial charge in [0.1, 0.15) is 5.75 Å². The Labute approximate surface area is 126 Å². The zero-order valence-electron chi connectivity index (χ0n) is 12.7. The quantitative estimate of drug-likeness (QED) is 0.874. The molecule has 1 aromatic rings. The number of nitrogens with one attached hydrogen (secondary N) is 1. The monoisotopic (exact) mass is 288 g/mol. The Kier molecular flexibility index (Phi) is 4.44. The Morgan fingerprint density at radius 1 is 1.38 bits per heavy atom. The maximum Gasteiger partial charge on any atom is 0.251 e. The first-order valence-electron chi connectivity index (χ1n) is 8.04. The number of carbonyl (C=O) groups is 1. The van der Waals surface area contributed by atoms with E-state index >= 15 is 0 Å². The molecule has 0 bridgehead atoms. The molecule has 2 aliphatic rings. The summed E-state index contributed by atoms with van der Waals surface area (Å²) in [5.74, 6) is 0.787. The summed E-state index contributed by atoms with van der Waals surface area (Å²) in [6.07, 6.45) is 4.69. The van der Waals surface area contributed by atoms with Gasteiger partial charge < -0.3 is 10.1 Å². The van der Waals surface area contributed by atoms with Crippen molar-refractivity contribution < 1.29 is 9.53 Å². The van der Waals surface area contributed by atoms with Crippen molar-refractivity contribution in [3.63, 3.8) is 0 Å². The van der Waals surface area contributed by atoms with E-state index in [1.54, 1.807) is 0 Å². The number of carbonyl (C=O) groups excluding carboxylic acids is 1. The van der Waals surface area contributed by atoms with E-state index in [0.29, 0.717) is 18.2 Å². The SMILES string of the molecule is CCCOc1cccc(C(=O)NC2CCN(C3CC3)C2)c1. The summed E-state index contributed by atoms with van der Waals surface area (Å²) in [5.41, 5.74) is 0.688. The lowest BCUT2D eigenvalue weighted by molar-refractivity contribution is 0.0937. The van der Waals surface area contributed by atoms with Crippen molar-refractivity contribution in [3.8, 4) is 5.75 Å². The zero-order chi connectivity index (χ0) is 14.7. The van der Waals surface area contributed by atoms with Gasteiger partial charge in [-0.25, -0.2) is 0 Å². The molecule has 4 nitrogen and oxygen atoms in total. The number of likely N-dealkylation sites (tertiary alicyclic amines) is 1. The van der Waals surface area contributed by atoms with E-state index in [1.807, 2.05) is 24.3 Å². The Morgan fingerprint density at radius 3 is 3.00 bits per heavy atom. The minimum atomic E-state index is 0.0135. The molecule has 1 aromatic carbocycles. The van der Waals surface area contributed by atoms with E-state index in [0.717, 1.165) is 37.7 Å². The highest BCUT2D eigenvalue weighted by Gasteiger charge is 2.34. The van der Waals surface area contributed by atoms with E-state index in [1.165, 1.54) is 12.8 Å². The van der Waals surface area contributed by atoms with Crippen LogP contribution in [0.3, 0.4) is 0 Å². The van der Waals surface area contributed by atoms with Crippen LogP contribution >= 0.6 is 0 Å². The van der Waals surface area contributed by atoms with E-state index in [9.17, 15) is 4.79 Å². The lowest BCUT2D eigenvalue weighted by Gasteiger charge is -2.16. The van der Waals surface area contributed by atoms with Gasteiger partial charge in [0.2, 0.25) is 0 Å². The van der Waals surface area contributed by atoms with Crippen LogP contribution in [0, 0.1) is 0 Å². The minimum Gasteiger partial charge on any atom is -0.494 e. The van der Waals surface area contributed by atoms with Gasteiger partial charge in [-0.15, -0.1) is 0 Å². The average Bonchev–Trinajstić information content (AvgIpc) is 3.26. The van der Waals surface area contributed by atoms with E-state index in [2.05, 4.69) is 17.1 Å². The predicted molar refractivity (Wildman–Crippen MR) is 82.7 cm³/mol. The van der Waals surface area contributed by atoms with Gasteiger partial charge in [0.25, 0.3) is 5.91 Å². The van der Waals surface area contributed by atoms with Crippen LogP contribution < -0.4 is 10.1 Å². The Morgan fingerprint density at radius 2 is 2.24 bits per heavy atom. The molecule has 114 valence electrons. The molecular formula is C17H24N2O2. The topological polar surface area (TPSA) is 41.6 Å². The fourth-order valence-electron chi connectivity index (χ4n) is 2.89. The molecule has 1 saturated heterocycles. The third-order valence-electron chi connectivity index (χ3n) is 4.19. The van der Waals surface area contributed by atoms with Crippen LogP contribution in [0.2, 0.25) is 0 Å². The molecule has 0 radical (unpaired) electrons. The molecule has 21 heavy (non-hydrogen) atoms. The van der Waals surface area contributed by atoms with Crippen LogP contribution in [-0.4, -0.2) is 42.6 Å². The van der Waals surface area contributed by atoms with Gasteiger partial charge in [-0.05, 0) is 43.9 Å². The summed E-state index contributed by atoms with van der Waals surface area (Å²) in [6.45, 7) is 4.88. The van der Waals surface area contributed by atoms with Crippen molar-refractivity contribution in [1.29, 1.82) is 0 Å². The minimum absolute atomic E-state index is 0.0135. The van der Waals surface area contributed by atoms with Crippen molar-refractivity contribution in [3.05, 3.63) is 29.8 Å². The molecule has 1 aliphatic heterocycles. The molecule has 3 rings (SSSR count). The maximum absolute atomic E-state index is 12.3. The van der Waals surface area contributed by atoms with Gasteiger partial charge in [-0.2, -0.15) is 0 Å². The number of hydrogen-bond donors (Lipinski definition) is 1. The molecule has 1 amide bonds. The summed E-state index contributed by atoms with van der Waals surface area (Å²) in [6, 6.07) is 8.54. The number of amides is 1.